The summed E-state index contributed by atoms with van der Waals surface area (Å²) in [5.41, 5.74) is 2.46. The van der Waals surface area contributed by atoms with E-state index < -0.39 is 5.60 Å². The first kappa shape index (κ1) is 19.7. The summed E-state index contributed by atoms with van der Waals surface area (Å²) in [5.74, 6) is 0.687. The topological polar surface area (TPSA) is 54.7 Å². The third-order valence-electron chi connectivity index (χ3n) is 5.99. The molecule has 2 aromatic rings. The summed E-state index contributed by atoms with van der Waals surface area (Å²) in [6.45, 7) is 7.35. The normalized spacial score (nSPS) is 25.4. The minimum atomic E-state index is -0.569. The highest BCUT2D eigenvalue weighted by Gasteiger charge is 2.41. The number of nitrogens with zero attached hydrogens (tertiary/aromatic N) is 2. The predicted octanol–water partition coefficient (Wildman–Crippen LogP) is 4.33. The van der Waals surface area contributed by atoms with Crippen molar-refractivity contribution in [2.75, 3.05) is 19.0 Å². The van der Waals surface area contributed by atoms with Gasteiger partial charge in [-0.2, -0.15) is 0 Å². The molecule has 2 heterocycles. The first-order valence-corrected chi connectivity index (χ1v) is 10.7. The predicted molar refractivity (Wildman–Crippen MR) is 111 cm³/mol. The number of para-hydroxylation sites is 1. The lowest BCUT2D eigenvalue weighted by Gasteiger charge is -2.31. The Kier molecular flexibility index (Phi) is 5.19. The van der Waals surface area contributed by atoms with Gasteiger partial charge in [-0.05, 0) is 64.1 Å². The standard InChI is InChI=1S/C22H29ClN2O3/c1-22(2,3)28-21(27)25-16-7-5-4-6-15(16)20-17-13-19(26)14(12-18(20)25)8-10-24(17)11-9-23/h4-7,14,17,19,26H,8-13H2,1-3H3. The van der Waals surface area contributed by atoms with Crippen LogP contribution in [-0.4, -0.2) is 51.3 Å². The van der Waals surface area contributed by atoms with Gasteiger partial charge < -0.3 is 9.84 Å². The van der Waals surface area contributed by atoms with Gasteiger partial charge in [-0.15, -0.1) is 11.6 Å². The van der Waals surface area contributed by atoms with Crippen LogP contribution in [0.15, 0.2) is 24.3 Å². The lowest BCUT2D eigenvalue weighted by molar-refractivity contribution is 0.0535. The van der Waals surface area contributed by atoms with Crippen molar-refractivity contribution in [3.63, 3.8) is 0 Å². The number of hydrogen-bond donors (Lipinski definition) is 1. The number of halogens is 1. The van der Waals surface area contributed by atoms with Gasteiger partial charge in [-0.25, -0.2) is 9.36 Å². The van der Waals surface area contributed by atoms with Crippen LogP contribution in [-0.2, 0) is 11.2 Å². The molecule has 2 bridgehead atoms. The lowest BCUT2D eigenvalue weighted by Crippen LogP contribution is -2.33. The molecular formula is C22H29ClN2O3. The Morgan fingerprint density at radius 1 is 1.32 bits per heavy atom. The second kappa shape index (κ2) is 7.36. The minimum Gasteiger partial charge on any atom is -0.443 e. The molecule has 3 unspecified atom stereocenters. The Morgan fingerprint density at radius 2 is 2.07 bits per heavy atom. The van der Waals surface area contributed by atoms with Crippen molar-refractivity contribution in [1.29, 1.82) is 0 Å². The van der Waals surface area contributed by atoms with Crippen LogP contribution in [0.4, 0.5) is 4.79 Å². The maximum atomic E-state index is 13.2. The summed E-state index contributed by atoms with van der Waals surface area (Å²) < 4.78 is 7.50. The molecule has 152 valence electrons. The first-order valence-electron chi connectivity index (χ1n) is 10.1. The fourth-order valence-electron chi connectivity index (χ4n) is 4.82. The van der Waals surface area contributed by atoms with E-state index >= 15 is 0 Å². The fraction of sp³-hybridized carbons (Fsp3) is 0.591. The third-order valence-corrected chi connectivity index (χ3v) is 6.16. The Morgan fingerprint density at radius 3 is 2.79 bits per heavy atom. The highest BCUT2D eigenvalue weighted by Crippen LogP contribution is 2.44. The number of likely N-dealkylation sites (tertiary alicyclic amines) is 1. The molecule has 0 spiro atoms. The number of hydrogen-bond acceptors (Lipinski definition) is 4. The van der Waals surface area contributed by atoms with E-state index in [1.165, 1.54) is 0 Å². The molecule has 1 aliphatic carbocycles. The molecule has 1 aliphatic heterocycles. The number of aromatic nitrogens is 1. The van der Waals surface area contributed by atoms with Crippen molar-refractivity contribution in [2.24, 2.45) is 5.92 Å². The number of carbonyl (C=O) groups excluding carboxylic acids is 1. The van der Waals surface area contributed by atoms with Crippen LogP contribution < -0.4 is 0 Å². The number of rotatable bonds is 2. The van der Waals surface area contributed by atoms with Gasteiger partial charge in [-0.3, -0.25) is 4.90 Å². The van der Waals surface area contributed by atoms with Crippen molar-refractivity contribution in [3.05, 3.63) is 35.5 Å². The summed E-state index contributed by atoms with van der Waals surface area (Å²) in [6.07, 6.45) is 1.56. The zero-order chi connectivity index (χ0) is 20.1. The summed E-state index contributed by atoms with van der Waals surface area (Å²) in [7, 11) is 0. The molecule has 1 saturated heterocycles. The Labute approximate surface area is 171 Å². The summed E-state index contributed by atoms with van der Waals surface area (Å²) >= 11 is 6.09. The molecule has 5 nitrogen and oxygen atoms in total. The molecule has 1 N–H and O–H groups in total. The number of alkyl halides is 1. The van der Waals surface area contributed by atoms with Crippen LogP contribution in [0.1, 0.15) is 50.9 Å². The third kappa shape index (κ3) is 3.44. The monoisotopic (exact) mass is 404 g/mol. The molecule has 1 aromatic carbocycles. The highest BCUT2D eigenvalue weighted by molar-refractivity contribution is 6.18. The van der Waals surface area contributed by atoms with Gasteiger partial charge in [0.15, 0.2) is 0 Å². The minimum absolute atomic E-state index is 0.0600. The number of benzene rings is 1. The summed E-state index contributed by atoms with van der Waals surface area (Å²) in [5, 5.41) is 11.9. The van der Waals surface area contributed by atoms with Crippen molar-refractivity contribution in [1.82, 2.24) is 9.47 Å². The molecule has 1 fully saturated rings. The number of fused-ring (bicyclic) bond motifs is 7. The summed E-state index contributed by atoms with van der Waals surface area (Å²) in [4.78, 5) is 15.5. The smallest absolute Gasteiger partial charge is 0.419 e. The molecule has 4 rings (SSSR count). The average Bonchev–Trinajstić information content (AvgIpc) is 2.74. The second-order valence-corrected chi connectivity index (χ2v) is 9.37. The molecular weight excluding hydrogens is 376 g/mol. The van der Waals surface area contributed by atoms with Gasteiger partial charge >= 0.3 is 6.09 Å². The van der Waals surface area contributed by atoms with Crippen LogP contribution in [0.3, 0.4) is 0 Å². The van der Waals surface area contributed by atoms with Crippen LogP contribution >= 0.6 is 11.6 Å². The number of ether oxygens (including phenoxy) is 1. The molecule has 0 amide bonds. The highest BCUT2D eigenvalue weighted by atomic mass is 35.5. The van der Waals surface area contributed by atoms with E-state index in [2.05, 4.69) is 11.0 Å². The fourth-order valence-corrected chi connectivity index (χ4v) is 5.04. The van der Waals surface area contributed by atoms with E-state index in [9.17, 15) is 9.90 Å². The maximum Gasteiger partial charge on any atom is 0.419 e. The van der Waals surface area contributed by atoms with E-state index in [0.29, 0.717) is 18.7 Å². The van der Waals surface area contributed by atoms with Crippen LogP contribution in [0.2, 0.25) is 0 Å². The molecule has 1 aromatic heterocycles. The Balaban J connectivity index is 1.93. The van der Waals surface area contributed by atoms with Gasteiger partial charge in [0.25, 0.3) is 0 Å². The van der Waals surface area contributed by atoms with E-state index in [1.54, 1.807) is 4.57 Å². The van der Waals surface area contributed by atoms with E-state index in [-0.39, 0.29) is 24.2 Å². The van der Waals surface area contributed by atoms with Crippen LogP contribution in [0, 0.1) is 5.92 Å². The largest absolute Gasteiger partial charge is 0.443 e. The van der Waals surface area contributed by atoms with Gasteiger partial charge in [0.2, 0.25) is 0 Å². The zero-order valence-corrected chi connectivity index (χ0v) is 17.6. The summed E-state index contributed by atoms with van der Waals surface area (Å²) in [6, 6.07) is 8.09. The molecule has 2 aliphatic rings. The molecule has 0 saturated carbocycles. The molecule has 6 heteroatoms. The maximum absolute atomic E-state index is 13.2. The number of aliphatic hydroxyl groups excluding tert-OH is 1. The van der Waals surface area contributed by atoms with E-state index in [1.807, 2.05) is 39.0 Å². The molecule has 28 heavy (non-hydrogen) atoms. The van der Waals surface area contributed by atoms with Crippen molar-refractivity contribution < 1.29 is 14.6 Å². The van der Waals surface area contributed by atoms with Gasteiger partial charge in [0, 0.05) is 29.5 Å². The van der Waals surface area contributed by atoms with Crippen molar-refractivity contribution >= 4 is 28.6 Å². The zero-order valence-electron chi connectivity index (χ0n) is 16.8. The molecule has 0 radical (unpaired) electrons. The Hall–Kier alpha value is -1.56. The number of aliphatic hydroxyl groups is 1. The average molecular weight is 405 g/mol. The first-order chi connectivity index (χ1) is 13.3. The van der Waals surface area contributed by atoms with E-state index in [4.69, 9.17) is 16.3 Å². The van der Waals surface area contributed by atoms with Crippen LogP contribution in [0.25, 0.3) is 10.9 Å². The number of carbonyl (C=O) groups is 1. The van der Waals surface area contributed by atoms with E-state index in [0.717, 1.165) is 41.7 Å². The lowest BCUT2D eigenvalue weighted by atomic mass is 9.94. The van der Waals surface area contributed by atoms with Gasteiger partial charge in [-0.1, -0.05) is 18.2 Å². The molecule has 3 atom stereocenters. The quantitative estimate of drug-likeness (QED) is 0.757. The second-order valence-electron chi connectivity index (χ2n) is 8.99. The Bertz CT molecular complexity index is 886. The van der Waals surface area contributed by atoms with Crippen molar-refractivity contribution in [3.8, 4) is 0 Å². The van der Waals surface area contributed by atoms with Gasteiger partial charge in [0.05, 0.1) is 11.6 Å². The van der Waals surface area contributed by atoms with Gasteiger partial charge in [0.1, 0.15) is 5.60 Å². The van der Waals surface area contributed by atoms with Crippen molar-refractivity contribution in [2.45, 2.75) is 57.8 Å². The SMILES string of the molecule is CC(C)(C)OC(=O)n1c2c(c3ccccc31)C1CC(O)C(CCN1CCCl)C2. The van der Waals surface area contributed by atoms with Crippen LogP contribution in [0.5, 0.6) is 0 Å².